The van der Waals surface area contributed by atoms with E-state index in [2.05, 4.69) is 0 Å². The van der Waals surface area contributed by atoms with E-state index in [9.17, 15) is 4.79 Å². The maximum Gasteiger partial charge on any atom is 0.162 e. The molecule has 0 spiro atoms. The Morgan fingerprint density at radius 1 is 1.22 bits per heavy atom. The highest BCUT2D eigenvalue weighted by molar-refractivity contribution is 6.20. The summed E-state index contributed by atoms with van der Waals surface area (Å²) in [5, 5.41) is 0. The van der Waals surface area contributed by atoms with Crippen molar-refractivity contribution in [2.45, 2.75) is 6.92 Å². The molecule has 0 N–H and O–H groups in total. The van der Waals surface area contributed by atoms with E-state index in [1.165, 1.54) is 0 Å². The summed E-state index contributed by atoms with van der Waals surface area (Å²) in [5.74, 6) is 1.31. The largest absolute Gasteiger partial charge is 0.497 e. The van der Waals surface area contributed by atoms with Crippen LogP contribution in [-0.2, 0) is 4.79 Å². The van der Waals surface area contributed by atoms with Gasteiger partial charge in [-0.15, -0.1) is 0 Å². The van der Waals surface area contributed by atoms with E-state index < -0.39 is 0 Å². The van der Waals surface area contributed by atoms with Gasteiger partial charge >= 0.3 is 0 Å². The zero-order valence-corrected chi connectivity index (χ0v) is 11.5. The summed E-state index contributed by atoms with van der Waals surface area (Å²) in [6, 6.07) is 5.40. The second-order valence-corrected chi connectivity index (χ2v) is 4.13. The van der Waals surface area contributed by atoms with Crippen LogP contribution in [0.15, 0.2) is 24.4 Å². The van der Waals surface area contributed by atoms with Crippen molar-refractivity contribution in [1.82, 2.24) is 4.90 Å². The fraction of sp³-hybridized carbons (Fsp3) is 0.357. The molecular weight excluding hydrogens is 230 g/mol. The van der Waals surface area contributed by atoms with Gasteiger partial charge in [0.05, 0.1) is 14.2 Å². The van der Waals surface area contributed by atoms with Crippen LogP contribution in [0.5, 0.6) is 11.5 Å². The van der Waals surface area contributed by atoms with Crippen molar-refractivity contribution >= 4 is 11.4 Å². The molecule has 1 aromatic carbocycles. The van der Waals surface area contributed by atoms with Crippen LogP contribution in [0.1, 0.15) is 12.5 Å². The van der Waals surface area contributed by atoms with E-state index in [1.807, 2.05) is 31.1 Å². The summed E-state index contributed by atoms with van der Waals surface area (Å²) in [5.41, 5.74) is 1.37. The second-order valence-electron chi connectivity index (χ2n) is 4.13. The Balaban J connectivity index is 3.32. The van der Waals surface area contributed by atoms with Gasteiger partial charge < -0.3 is 14.4 Å². The SMILES string of the molecule is COc1ccc(/C(=C/N(C)C)C(C)=O)c(OC)c1. The van der Waals surface area contributed by atoms with Gasteiger partial charge in [-0.05, 0) is 19.1 Å². The third-order valence-electron chi connectivity index (χ3n) is 2.47. The van der Waals surface area contributed by atoms with E-state index in [1.54, 1.807) is 33.4 Å². The standard InChI is InChI=1S/C14H19NO3/c1-10(16)13(9-15(2)3)12-7-6-11(17-4)8-14(12)18-5/h6-9H,1-5H3/b13-9+. The summed E-state index contributed by atoms with van der Waals surface area (Å²) in [6.45, 7) is 1.54. The first-order valence-electron chi connectivity index (χ1n) is 5.61. The Labute approximate surface area is 108 Å². The number of Topliss-reactive ketones (excluding diaryl/α,β-unsaturated/α-hetero) is 1. The summed E-state index contributed by atoms with van der Waals surface area (Å²) in [7, 11) is 6.92. The first-order valence-corrected chi connectivity index (χ1v) is 5.61. The first kappa shape index (κ1) is 14.1. The van der Waals surface area contributed by atoms with Crippen LogP contribution in [0.2, 0.25) is 0 Å². The average Bonchev–Trinajstić information content (AvgIpc) is 2.34. The Morgan fingerprint density at radius 3 is 2.33 bits per heavy atom. The van der Waals surface area contributed by atoms with Crippen molar-refractivity contribution in [3.8, 4) is 11.5 Å². The molecular formula is C14H19NO3. The molecule has 0 aliphatic carbocycles. The fourth-order valence-electron chi connectivity index (χ4n) is 1.63. The fourth-order valence-corrected chi connectivity index (χ4v) is 1.63. The van der Waals surface area contributed by atoms with Crippen LogP contribution in [0.4, 0.5) is 0 Å². The quantitative estimate of drug-likeness (QED) is 0.750. The number of hydrogen-bond donors (Lipinski definition) is 0. The topological polar surface area (TPSA) is 38.8 Å². The molecule has 98 valence electrons. The Hall–Kier alpha value is -1.97. The molecule has 0 amide bonds. The van der Waals surface area contributed by atoms with Gasteiger partial charge in [-0.1, -0.05) is 0 Å². The normalized spacial score (nSPS) is 11.1. The molecule has 0 saturated heterocycles. The molecule has 0 aromatic heterocycles. The molecule has 0 radical (unpaired) electrons. The van der Waals surface area contributed by atoms with Gasteiger partial charge in [0.15, 0.2) is 5.78 Å². The number of nitrogens with zero attached hydrogens (tertiary/aromatic N) is 1. The van der Waals surface area contributed by atoms with Crippen molar-refractivity contribution < 1.29 is 14.3 Å². The molecule has 1 rings (SSSR count). The maximum atomic E-state index is 11.7. The number of methoxy groups -OCH3 is 2. The lowest BCUT2D eigenvalue weighted by atomic mass is 10.0. The van der Waals surface area contributed by atoms with Crippen molar-refractivity contribution in [2.24, 2.45) is 0 Å². The van der Waals surface area contributed by atoms with Gasteiger partial charge in [0, 0.05) is 37.5 Å². The zero-order chi connectivity index (χ0) is 13.7. The van der Waals surface area contributed by atoms with Crippen LogP contribution < -0.4 is 9.47 Å². The Morgan fingerprint density at radius 2 is 1.89 bits per heavy atom. The van der Waals surface area contributed by atoms with Gasteiger partial charge in [-0.25, -0.2) is 0 Å². The molecule has 1 aromatic rings. The molecule has 0 bridgehead atoms. The minimum atomic E-state index is -0.00725. The van der Waals surface area contributed by atoms with Crippen LogP contribution in [0.3, 0.4) is 0 Å². The van der Waals surface area contributed by atoms with Gasteiger partial charge in [0.2, 0.25) is 0 Å². The molecule has 0 aliphatic rings. The lowest BCUT2D eigenvalue weighted by Crippen LogP contribution is -2.07. The molecule has 0 saturated carbocycles. The van der Waals surface area contributed by atoms with Gasteiger partial charge in [0.25, 0.3) is 0 Å². The predicted octanol–water partition coefficient (Wildman–Crippen LogP) is 2.20. The highest BCUT2D eigenvalue weighted by Crippen LogP contribution is 2.30. The van der Waals surface area contributed by atoms with Crippen LogP contribution in [-0.4, -0.2) is 39.0 Å². The van der Waals surface area contributed by atoms with Crippen molar-refractivity contribution in [1.29, 1.82) is 0 Å². The monoisotopic (exact) mass is 249 g/mol. The lowest BCUT2D eigenvalue weighted by Gasteiger charge is -2.14. The van der Waals surface area contributed by atoms with Gasteiger partial charge in [0.1, 0.15) is 11.5 Å². The Bertz CT molecular complexity index is 464. The van der Waals surface area contributed by atoms with Gasteiger partial charge in [-0.2, -0.15) is 0 Å². The summed E-state index contributed by atoms with van der Waals surface area (Å²) >= 11 is 0. The third kappa shape index (κ3) is 3.26. The smallest absolute Gasteiger partial charge is 0.162 e. The Kier molecular flexibility index (Phi) is 4.77. The van der Waals surface area contributed by atoms with E-state index in [-0.39, 0.29) is 5.78 Å². The van der Waals surface area contributed by atoms with Gasteiger partial charge in [-0.3, -0.25) is 4.79 Å². The van der Waals surface area contributed by atoms with E-state index in [4.69, 9.17) is 9.47 Å². The maximum absolute atomic E-state index is 11.7. The molecule has 0 fully saturated rings. The van der Waals surface area contributed by atoms with Crippen LogP contribution >= 0.6 is 0 Å². The molecule has 0 unspecified atom stereocenters. The number of carbonyl (C=O) groups is 1. The highest BCUT2D eigenvalue weighted by Gasteiger charge is 2.14. The number of ether oxygens (including phenoxy) is 2. The van der Waals surface area contributed by atoms with E-state index >= 15 is 0 Å². The average molecular weight is 249 g/mol. The summed E-state index contributed by atoms with van der Waals surface area (Å²) in [4.78, 5) is 13.6. The molecule has 0 heterocycles. The van der Waals surface area contributed by atoms with Crippen molar-refractivity contribution in [3.05, 3.63) is 30.0 Å². The number of ketones is 1. The summed E-state index contributed by atoms with van der Waals surface area (Å²) < 4.78 is 10.4. The molecule has 0 aliphatic heterocycles. The second kappa shape index (κ2) is 6.10. The number of carbonyl (C=O) groups excluding carboxylic acids is 1. The van der Waals surface area contributed by atoms with E-state index in [0.29, 0.717) is 17.1 Å². The minimum Gasteiger partial charge on any atom is -0.497 e. The van der Waals surface area contributed by atoms with Crippen molar-refractivity contribution in [2.75, 3.05) is 28.3 Å². The highest BCUT2D eigenvalue weighted by atomic mass is 16.5. The first-order chi connectivity index (χ1) is 8.49. The molecule has 4 heteroatoms. The molecule has 18 heavy (non-hydrogen) atoms. The number of benzene rings is 1. The summed E-state index contributed by atoms with van der Waals surface area (Å²) in [6.07, 6.45) is 1.78. The minimum absolute atomic E-state index is 0.00725. The predicted molar refractivity (Wildman–Crippen MR) is 71.9 cm³/mol. The van der Waals surface area contributed by atoms with Crippen LogP contribution in [0, 0.1) is 0 Å². The lowest BCUT2D eigenvalue weighted by molar-refractivity contribution is -0.111. The number of hydrogen-bond acceptors (Lipinski definition) is 4. The van der Waals surface area contributed by atoms with Crippen molar-refractivity contribution in [3.63, 3.8) is 0 Å². The van der Waals surface area contributed by atoms with Crippen LogP contribution in [0.25, 0.3) is 5.57 Å². The number of allylic oxidation sites excluding steroid dienone is 1. The third-order valence-corrected chi connectivity index (χ3v) is 2.47. The van der Waals surface area contributed by atoms with E-state index in [0.717, 1.165) is 5.56 Å². The molecule has 4 nitrogen and oxygen atoms in total. The number of rotatable bonds is 5. The molecule has 0 atom stereocenters. The zero-order valence-electron chi connectivity index (χ0n) is 11.5.